The molecule has 0 saturated heterocycles. The van der Waals surface area contributed by atoms with Crippen LogP contribution in [0.15, 0.2) is 10.6 Å². The van der Waals surface area contributed by atoms with Crippen molar-refractivity contribution < 1.29 is 20.2 Å². The quantitative estimate of drug-likeness (QED) is 0.628. The van der Waals surface area contributed by atoms with Crippen molar-refractivity contribution in [2.24, 2.45) is 0 Å². The Labute approximate surface area is 76.1 Å². The molecule has 0 bridgehead atoms. The smallest absolute Gasteiger partial charge is 0.293 e. The van der Waals surface area contributed by atoms with Gasteiger partial charge in [-0.3, -0.25) is 9.59 Å². The highest BCUT2D eigenvalue weighted by atomic mass is 16.5. The van der Waals surface area contributed by atoms with E-state index in [1.54, 1.807) is 13.0 Å². The Bertz CT molecular complexity index is 347. The Hall–Kier alpha value is -1.65. The van der Waals surface area contributed by atoms with E-state index in [4.69, 9.17) is 5.89 Å². The van der Waals surface area contributed by atoms with E-state index >= 15 is 0 Å². The SMILES string of the molecule is [2H]C(=O)OCC(=O)Cc1cc(C)on1. The van der Waals surface area contributed by atoms with Gasteiger partial charge in [-0.25, -0.2) is 0 Å². The molecule has 1 heterocycles. The molecule has 0 atom stereocenters. The molecule has 0 amide bonds. The van der Waals surface area contributed by atoms with Crippen LogP contribution < -0.4 is 0 Å². The van der Waals surface area contributed by atoms with Crippen molar-refractivity contribution in [3.05, 3.63) is 17.5 Å². The van der Waals surface area contributed by atoms with E-state index in [1.807, 2.05) is 0 Å². The van der Waals surface area contributed by atoms with E-state index in [2.05, 4.69) is 9.89 Å². The lowest BCUT2D eigenvalue weighted by Gasteiger charge is -1.94. The normalized spacial score (nSPS) is 10.7. The molecule has 0 unspecified atom stereocenters. The summed E-state index contributed by atoms with van der Waals surface area (Å²) in [6.07, 6.45) is -1.17. The fourth-order valence-electron chi connectivity index (χ4n) is 0.864. The number of aromatic nitrogens is 1. The molecule has 1 aromatic rings. The molecule has 0 aliphatic carbocycles. The largest absolute Gasteiger partial charge is 0.460 e. The number of hydrogen-bond donors (Lipinski definition) is 0. The maximum atomic E-state index is 11.1. The van der Waals surface area contributed by atoms with Gasteiger partial charge in [0.05, 0.1) is 12.1 Å². The van der Waals surface area contributed by atoms with E-state index < -0.39 is 13.1 Å². The van der Waals surface area contributed by atoms with Crippen molar-refractivity contribution >= 4 is 12.2 Å². The van der Waals surface area contributed by atoms with Crippen LogP contribution in [0.3, 0.4) is 0 Å². The third-order valence-corrected chi connectivity index (χ3v) is 1.35. The first kappa shape index (κ1) is 7.97. The summed E-state index contributed by atoms with van der Waals surface area (Å²) in [6.45, 7) is 1.32. The van der Waals surface area contributed by atoms with Gasteiger partial charge in [0, 0.05) is 6.07 Å². The van der Waals surface area contributed by atoms with Crippen LogP contribution in [0, 0.1) is 6.92 Å². The third kappa shape index (κ3) is 3.06. The van der Waals surface area contributed by atoms with E-state index in [-0.39, 0.29) is 12.2 Å². The summed E-state index contributed by atoms with van der Waals surface area (Å²) in [5.41, 5.74) is 0.494. The van der Waals surface area contributed by atoms with Crippen molar-refractivity contribution in [2.75, 3.05) is 6.61 Å². The number of aryl methyl sites for hydroxylation is 1. The lowest BCUT2D eigenvalue weighted by Crippen LogP contribution is -2.10. The van der Waals surface area contributed by atoms with Gasteiger partial charge in [0.15, 0.2) is 7.15 Å². The molecule has 0 N–H and O–H groups in total. The highest BCUT2D eigenvalue weighted by Gasteiger charge is 2.07. The number of Topliss-reactive ketones (excluding diaryl/α,β-unsaturated/α-hetero) is 1. The molecule has 1 aromatic heterocycles. The van der Waals surface area contributed by atoms with Crippen LogP contribution in [0.4, 0.5) is 0 Å². The molecule has 0 saturated carbocycles. The molecule has 1 rings (SSSR count). The monoisotopic (exact) mass is 184 g/mol. The van der Waals surface area contributed by atoms with Crippen molar-refractivity contribution in [1.82, 2.24) is 5.16 Å². The molecular weight excluding hydrogens is 174 g/mol. The Morgan fingerprint density at radius 3 is 3.23 bits per heavy atom. The maximum absolute atomic E-state index is 11.1. The summed E-state index contributed by atoms with van der Waals surface area (Å²) in [6, 6.07) is 1.63. The molecule has 0 aromatic carbocycles. The minimum atomic E-state index is -1.21. The van der Waals surface area contributed by atoms with Gasteiger partial charge in [-0.05, 0) is 6.92 Å². The number of carbonyl (C=O) groups excluding carboxylic acids is 2. The van der Waals surface area contributed by atoms with E-state index in [9.17, 15) is 9.59 Å². The van der Waals surface area contributed by atoms with E-state index in [0.29, 0.717) is 11.5 Å². The van der Waals surface area contributed by atoms with Gasteiger partial charge in [0.1, 0.15) is 12.4 Å². The predicted molar refractivity (Wildman–Crippen MR) is 42.0 cm³/mol. The number of rotatable bonds is 4. The maximum Gasteiger partial charge on any atom is 0.293 e. The van der Waals surface area contributed by atoms with Crippen LogP contribution >= 0.6 is 0 Å². The summed E-state index contributed by atoms with van der Waals surface area (Å²) in [4.78, 5) is 21.1. The lowest BCUT2D eigenvalue weighted by atomic mass is 10.2. The second kappa shape index (κ2) is 4.39. The minimum absolute atomic E-state index is 0.0462. The fourth-order valence-corrected chi connectivity index (χ4v) is 0.864. The molecular formula is C8H9NO4. The number of ketones is 1. The van der Waals surface area contributed by atoms with Crippen LogP contribution in [0.5, 0.6) is 0 Å². The third-order valence-electron chi connectivity index (χ3n) is 1.35. The first-order valence-corrected chi connectivity index (χ1v) is 3.65. The molecule has 5 nitrogen and oxygen atoms in total. The van der Waals surface area contributed by atoms with Gasteiger partial charge >= 0.3 is 0 Å². The zero-order valence-corrected chi connectivity index (χ0v) is 7.07. The summed E-state index contributed by atoms with van der Waals surface area (Å²) in [7, 11) is 0. The summed E-state index contributed by atoms with van der Waals surface area (Å²) >= 11 is 0. The summed E-state index contributed by atoms with van der Waals surface area (Å²) in [5, 5.41) is 3.60. The van der Waals surface area contributed by atoms with E-state index in [0.717, 1.165) is 0 Å². The Morgan fingerprint density at radius 2 is 2.69 bits per heavy atom. The lowest BCUT2D eigenvalue weighted by molar-refractivity contribution is -0.136. The van der Waals surface area contributed by atoms with Crippen LogP contribution in [-0.2, 0) is 20.7 Å². The molecule has 13 heavy (non-hydrogen) atoms. The topological polar surface area (TPSA) is 69.4 Å². The minimum Gasteiger partial charge on any atom is -0.460 e. The van der Waals surface area contributed by atoms with Gasteiger partial charge in [-0.15, -0.1) is 0 Å². The predicted octanol–water partition coefficient (Wildman–Crippen LogP) is 0.268. The van der Waals surface area contributed by atoms with Crippen LogP contribution in [0.2, 0.25) is 0 Å². The standard InChI is InChI=1S/C8H9NO4/c1-6-2-7(9-13-6)3-8(11)4-12-5-10/h2,5H,3-4H2,1H3/i5D. The second-order valence-electron chi connectivity index (χ2n) is 2.52. The molecule has 70 valence electrons. The molecule has 0 radical (unpaired) electrons. The zero-order chi connectivity index (χ0) is 10.6. The Kier molecular flexibility index (Phi) is 2.69. The van der Waals surface area contributed by atoms with Gasteiger partial charge in [0.2, 0.25) is 0 Å². The van der Waals surface area contributed by atoms with Crippen molar-refractivity contribution in [2.45, 2.75) is 13.3 Å². The molecule has 5 heteroatoms. The average Bonchev–Trinajstić information content (AvgIpc) is 2.48. The van der Waals surface area contributed by atoms with Crippen molar-refractivity contribution in [1.29, 1.82) is 0 Å². The number of nitrogens with zero attached hydrogens (tertiary/aromatic N) is 1. The van der Waals surface area contributed by atoms with Crippen LogP contribution in [0.1, 0.15) is 12.8 Å². The number of carbonyl (C=O) groups is 2. The summed E-state index contributed by atoms with van der Waals surface area (Å²) in [5.74, 6) is 0.296. The van der Waals surface area contributed by atoms with Gasteiger partial charge in [-0.2, -0.15) is 0 Å². The van der Waals surface area contributed by atoms with Gasteiger partial charge in [-0.1, -0.05) is 5.16 Å². The molecule has 0 aliphatic heterocycles. The van der Waals surface area contributed by atoms with Crippen LogP contribution in [0.25, 0.3) is 0 Å². The van der Waals surface area contributed by atoms with E-state index in [1.165, 1.54) is 0 Å². The molecule has 0 aliphatic rings. The van der Waals surface area contributed by atoms with Gasteiger partial charge < -0.3 is 9.26 Å². The number of hydrogen-bond acceptors (Lipinski definition) is 5. The Morgan fingerprint density at radius 1 is 1.92 bits per heavy atom. The average molecular weight is 184 g/mol. The van der Waals surface area contributed by atoms with Crippen LogP contribution in [-0.4, -0.2) is 24.0 Å². The highest BCUT2D eigenvalue weighted by molar-refractivity contribution is 5.82. The highest BCUT2D eigenvalue weighted by Crippen LogP contribution is 2.02. The summed E-state index contributed by atoms with van der Waals surface area (Å²) < 4.78 is 15.4. The molecule has 0 spiro atoms. The zero-order valence-electron chi connectivity index (χ0n) is 8.07. The Balaban J connectivity index is 2.37. The van der Waals surface area contributed by atoms with Gasteiger partial charge in [0.25, 0.3) is 6.45 Å². The van der Waals surface area contributed by atoms with Crippen molar-refractivity contribution in [3.8, 4) is 0 Å². The number of ether oxygens (including phenoxy) is 1. The first-order valence-electron chi connectivity index (χ1n) is 4.15. The van der Waals surface area contributed by atoms with Crippen molar-refractivity contribution in [3.63, 3.8) is 0 Å². The first-order chi connectivity index (χ1) is 6.58. The molecule has 0 fully saturated rings. The fraction of sp³-hybridized carbons (Fsp3) is 0.375. The second-order valence-corrected chi connectivity index (χ2v) is 2.52.